The molecule has 1 fully saturated rings. The van der Waals surface area contributed by atoms with Gasteiger partial charge in [0.2, 0.25) is 10.0 Å². The normalized spacial score (nSPS) is 15.6. The first kappa shape index (κ1) is 22.3. The first-order valence-electron chi connectivity index (χ1n) is 10.1. The van der Waals surface area contributed by atoms with Crippen molar-refractivity contribution in [1.82, 2.24) is 14.2 Å². The number of benzene rings is 2. The van der Waals surface area contributed by atoms with E-state index >= 15 is 0 Å². The lowest BCUT2D eigenvalue weighted by Gasteiger charge is -2.35. The zero-order valence-corrected chi connectivity index (χ0v) is 20.0. The van der Waals surface area contributed by atoms with E-state index in [1.807, 2.05) is 47.4 Å². The molecule has 9 heteroatoms. The minimum absolute atomic E-state index is 0.00540. The van der Waals surface area contributed by atoms with Crippen LogP contribution in [0.25, 0.3) is 10.2 Å². The van der Waals surface area contributed by atoms with E-state index in [-0.39, 0.29) is 11.9 Å². The number of carbonyl (C=O) groups is 1. The standard InChI is InChI=1S/C22H25N3O3S3/c1-24(31(2,27)28)18-11-13-25(14-12-18)21(26)17-9-7-16(8-10-17)15-29-22-23-19-5-3-4-6-20(19)30-22/h3-10,18H,11-15H2,1-2H3. The molecular formula is C22H25N3O3S3. The highest BCUT2D eigenvalue weighted by molar-refractivity contribution is 8.00. The van der Waals surface area contributed by atoms with E-state index in [2.05, 4.69) is 11.1 Å². The van der Waals surface area contributed by atoms with Gasteiger partial charge in [-0.3, -0.25) is 4.79 Å². The average molecular weight is 476 g/mol. The fourth-order valence-electron chi connectivity index (χ4n) is 3.69. The van der Waals surface area contributed by atoms with E-state index in [0.29, 0.717) is 31.5 Å². The molecule has 0 saturated carbocycles. The maximum absolute atomic E-state index is 12.8. The Kier molecular flexibility index (Phi) is 6.66. The second kappa shape index (κ2) is 9.28. The third kappa shape index (κ3) is 5.28. The molecule has 1 saturated heterocycles. The third-order valence-electron chi connectivity index (χ3n) is 5.63. The number of piperidine rings is 1. The Balaban J connectivity index is 1.32. The van der Waals surface area contributed by atoms with Crippen LogP contribution in [0, 0.1) is 0 Å². The minimum Gasteiger partial charge on any atom is -0.339 e. The van der Waals surface area contributed by atoms with Crippen LogP contribution in [0.5, 0.6) is 0 Å². The van der Waals surface area contributed by atoms with Crippen LogP contribution in [0.2, 0.25) is 0 Å². The lowest BCUT2D eigenvalue weighted by molar-refractivity contribution is 0.0686. The Morgan fingerprint density at radius 2 is 1.84 bits per heavy atom. The first-order chi connectivity index (χ1) is 14.8. The smallest absolute Gasteiger partial charge is 0.253 e. The van der Waals surface area contributed by atoms with Crippen LogP contribution in [0.4, 0.5) is 0 Å². The third-order valence-corrected chi connectivity index (χ3v) is 9.22. The summed E-state index contributed by atoms with van der Waals surface area (Å²) in [6, 6.07) is 15.8. The van der Waals surface area contributed by atoms with Crippen LogP contribution in [-0.4, -0.2) is 60.9 Å². The van der Waals surface area contributed by atoms with Gasteiger partial charge in [-0.25, -0.2) is 17.7 Å². The summed E-state index contributed by atoms with van der Waals surface area (Å²) in [5.41, 5.74) is 2.85. The van der Waals surface area contributed by atoms with Gasteiger partial charge in [-0.05, 0) is 42.7 Å². The number of carbonyl (C=O) groups excluding carboxylic acids is 1. The number of likely N-dealkylation sites (tertiary alicyclic amines) is 1. The number of aromatic nitrogens is 1. The number of fused-ring (bicyclic) bond motifs is 1. The number of amides is 1. The van der Waals surface area contributed by atoms with E-state index in [1.165, 1.54) is 15.3 Å². The van der Waals surface area contributed by atoms with Gasteiger partial charge in [-0.2, -0.15) is 0 Å². The Hall–Kier alpha value is -1.94. The number of hydrogen-bond donors (Lipinski definition) is 0. The summed E-state index contributed by atoms with van der Waals surface area (Å²) < 4.78 is 27.1. The van der Waals surface area contributed by atoms with Crippen molar-refractivity contribution < 1.29 is 13.2 Å². The van der Waals surface area contributed by atoms with E-state index in [4.69, 9.17) is 0 Å². The van der Waals surface area contributed by atoms with Gasteiger partial charge in [0.25, 0.3) is 5.91 Å². The monoisotopic (exact) mass is 475 g/mol. The number of nitrogens with zero attached hydrogens (tertiary/aromatic N) is 3. The zero-order valence-electron chi connectivity index (χ0n) is 17.5. The first-order valence-corrected chi connectivity index (χ1v) is 13.8. The van der Waals surface area contributed by atoms with Gasteiger partial charge in [0.05, 0.1) is 16.5 Å². The second-order valence-electron chi connectivity index (χ2n) is 7.74. The van der Waals surface area contributed by atoms with E-state index in [1.54, 1.807) is 30.1 Å². The molecule has 2 aromatic carbocycles. The van der Waals surface area contributed by atoms with Gasteiger partial charge < -0.3 is 4.90 Å². The van der Waals surface area contributed by atoms with Crippen molar-refractivity contribution in [2.24, 2.45) is 0 Å². The molecule has 0 atom stereocenters. The predicted octanol–water partition coefficient (Wildman–Crippen LogP) is 4.08. The fraction of sp³-hybridized carbons (Fsp3) is 0.364. The van der Waals surface area contributed by atoms with Gasteiger partial charge in [0.1, 0.15) is 0 Å². The van der Waals surface area contributed by atoms with Crippen molar-refractivity contribution in [2.45, 2.75) is 29.0 Å². The summed E-state index contributed by atoms with van der Waals surface area (Å²) in [6.45, 7) is 1.14. The Labute approximate surface area is 191 Å². The van der Waals surface area contributed by atoms with Crippen LogP contribution in [-0.2, 0) is 15.8 Å². The molecule has 0 N–H and O–H groups in total. The summed E-state index contributed by atoms with van der Waals surface area (Å²) in [5.74, 6) is 0.808. The molecule has 4 rings (SSSR count). The molecule has 0 unspecified atom stereocenters. The zero-order chi connectivity index (χ0) is 22.0. The molecule has 6 nitrogen and oxygen atoms in total. The van der Waals surface area contributed by atoms with Crippen molar-refractivity contribution in [3.8, 4) is 0 Å². The Bertz CT molecular complexity index is 1130. The van der Waals surface area contributed by atoms with Gasteiger partial charge in [-0.15, -0.1) is 11.3 Å². The molecule has 1 aliphatic rings. The SMILES string of the molecule is CN(C1CCN(C(=O)c2ccc(CSc3nc4ccccc4s3)cc2)CC1)S(C)(=O)=O. The van der Waals surface area contributed by atoms with E-state index in [9.17, 15) is 13.2 Å². The summed E-state index contributed by atoms with van der Waals surface area (Å²) in [7, 11) is -1.59. The highest BCUT2D eigenvalue weighted by Crippen LogP contribution is 2.31. The summed E-state index contributed by atoms with van der Waals surface area (Å²) in [6.07, 6.45) is 2.54. The molecule has 0 radical (unpaired) electrons. The van der Waals surface area contributed by atoms with Crippen LogP contribution < -0.4 is 0 Å². The highest BCUT2D eigenvalue weighted by Gasteiger charge is 2.29. The molecule has 1 aliphatic heterocycles. The average Bonchev–Trinajstić information content (AvgIpc) is 3.19. The Morgan fingerprint density at radius 1 is 1.16 bits per heavy atom. The van der Waals surface area contributed by atoms with Crippen LogP contribution >= 0.6 is 23.1 Å². The quantitative estimate of drug-likeness (QED) is 0.503. The molecule has 2 heterocycles. The van der Waals surface area contributed by atoms with Gasteiger partial charge in [0, 0.05) is 37.5 Å². The minimum atomic E-state index is -3.21. The lowest BCUT2D eigenvalue weighted by Crippen LogP contribution is -2.47. The summed E-state index contributed by atoms with van der Waals surface area (Å²) in [4.78, 5) is 19.3. The Morgan fingerprint density at radius 3 is 2.48 bits per heavy atom. The molecule has 0 spiro atoms. The summed E-state index contributed by atoms with van der Waals surface area (Å²) in [5, 5.41) is 0. The van der Waals surface area contributed by atoms with Crippen molar-refractivity contribution in [2.75, 3.05) is 26.4 Å². The van der Waals surface area contributed by atoms with Crippen LogP contribution in [0.1, 0.15) is 28.8 Å². The summed E-state index contributed by atoms with van der Waals surface area (Å²) >= 11 is 3.40. The molecule has 0 bridgehead atoms. The molecule has 1 aromatic heterocycles. The maximum Gasteiger partial charge on any atom is 0.253 e. The highest BCUT2D eigenvalue weighted by atomic mass is 32.2. The molecular weight excluding hydrogens is 450 g/mol. The number of para-hydroxylation sites is 1. The van der Waals surface area contributed by atoms with Gasteiger partial charge in [-0.1, -0.05) is 36.0 Å². The lowest BCUT2D eigenvalue weighted by atomic mass is 10.0. The number of thioether (sulfide) groups is 1. The maximum atomic E-state index is 12.8. The van der Waals surface area contributed by atoms with Crippen molar-refractivity contribution >= 4 is 49.2 Å². The molecule has 0 aliphatic carbocycles. The largest absolute Gasteiger partial charge is 0.339 e. The van der Waals surface area contributed by atoms with Crippen LogP contribution in [0.3, 0.4) is 0 Å². The number of hydrogen-bond acceptors (Lipinski definition) is 6. The molecule has 3 aromatic rings. The fourth-order valence-corrected chi connectivity index (χ4v) is 6.46. The van der Waals surface area contributed by atoms with Gasteiger partial charge in [0.15, 0.2) is 4.34 Å². The molecule has 31 heavy (non-hydrogen) atoms. The van der Waals surface area contributed by atoms with Gasteiger partial charge >= 0.3 is 0 Å². The second-order valence-corrected chi connectivity index (χ2v) is 12.0. The number of sulfonamides is 1. The van der Waals surface area contributed by atoms with E-state index < -0.39 is 10.0 Å². The van der Waals surface area contributed by atoms with E-state index in [0.717, 1.165) is 21.2 Å². The number of rotatable bonds is 6. The topological polar surface area (TPSA) is 70.6 Å². The van der Waals surface area contributed by atoms with Crippen molar-refractivity contribution in [3.05, 3.63) is 59.7 Å². The van der Waals surface area contributed by atoms with Crippen molar-refractivity contribution in [1.29, 1.82) is 0 Å². The molecule has 164 valence electrons. The number of thiazole rings is 1. The van der Waals surface area contributed by atoms with Crippen molar-refractivity contribution in [3.63, 3.8) is 0 Å². The predicted molar refractivity (Wildman–Crippen MR) is 127 cm³/mol. The molecule has 1 amide bonds. The van der Waals surface area contributed by atoms with Crippen LogP contribution in [0.15, 0.2) is 52.9 Å².